The summed E-state index contributed by atoms with van der Waals surface area (Å²) in [4.78, 5) is 24.5. The zero-order chi connectivity index (χ0) is 24.0. The number of ether oxygens (including phenoxy) is 3. The molecule has 0 spiro atoms. The number of fused-ring (bicyclic) bond motifs is 1. The van der Waals surface area contributed by atoms with Gasteiger partial charge in [-0.2, -0.15) is 4.31 Å². The van der Waals surface area contributed by atoms with E-state index in [1.807, 2.05) is 30.3 Å². The van der Waals surface area contributed by atoms with Gasteiger partial charge in [0, 0.05) is 25.7 Å². The van der Waals surface area contributed by atoms with Crippen LogP contribution in [0.5, 0.6) is 11.5 Å². The van der Waals surface area contributed by atoms with Crippen molar-refractivity contribution in [3.05, 3.63) is 54.1 Å². The lowest BCUT2D eigenvalue weighted by atomic mass is 9.98. The fourth-order valence-corrected chi connectivity index (χ4v) is 5.45. The van der Waals surface area contributed by atoms with Crippen LogP contribution in [0.3, 0.4) is 0 Å². The van der Waals surface area contributed by atoms with E-state index in [0.717, 1.165) is 5.56 Å². The monoisotopic (exact) mass is 488 g/mol. The number of hydrogen-bond donors (Lipinski definition) is 1. The van der Waals surface area contributed by atoms with Gasteiger partial charge in [0.2, 0.25) is 10.0 Å². The molecule has 2 heterocycles. The second-order valence-corrected chi connectivity index (χ2v) is 10.1. The normalized spacial score (nSPS) is 16.6. The quantitative estimate of drug-likeness (QED) is 0.564. The van der Waals surface area contributed by atoms with Gasteiger partial charge in [0.15, 0.2) is 18.1 Å². The van der Waals surface area contributed by atoms with Crippen LogP contribution < -0.4 is 14.8 Å². The molecule has 2 aliphatic heterocycles. The van der Waals surface area contributed by atoms with E-state index in [0.29, 0.717) is 50.5 Å². The van der Waals surface area contributed by atoms with Crippen LogP contribution in [0.25, 0.3) is 0 Å². The van der Waals surface area contributed by atoms with Crippen LogP contribution in [-0.4, -0.2) is 64.1 Å². The van der Waals surface area contributed by atoms with E-state index in [-0.39, 0.29) is 30.5 Å². The second kappa shape index (κ2) is 10.9. The smallest absolute Gasteiger partial charge is 0.309 e. The number of nitrogens with zero attached hydrogens (tertiary/aromatic N) is 1. The van der Waals surface area contributed by atoms with E-state index in [9.17, 15) is 18.0 Å². The minimum Gasteiger partial charge on any atom is -0.486 e. The Kier molecular flexibility index (Phi) is 7.69. The van der Waals surface area contributed by atoms with E-state index < -0.39 is 21.9 Å². The summed E-state index contributed by atoms with van der Waals surface area (Å²) in [6.07, 6.45) is 1.35. The van der Waals surface area contributed by atoms with Gasteiger partial charge in [-0.3, -0.25) is 9.59 Å². The van der Waals surface area contributed by atoms with Crippen molar-refractivity contribution in [1.29, 1.82) is 0 Å². The highest BCUT2D eigenvalue weighted by Gasteiger charge is 2.33. The Bertz CT molecular complexity index is 1110. The first-order valence-corrected chi connectivity index (χ1v) is 12.7. The molecule has 4 rings (SSSR count). The average molecular weight is 489 g/mol. The Morgan fingerprint density at radius 2 is 1.71 bits per heavy atom. The van der Waals surface area contributed by atoms with E-state index in [2.05, 4.69) is 5.32 Å². The van der Waals surface area contributed by atoms with Crippen LogP contribution in [0, 0.1) is 5.92 Å². The molecule has 0 aromatic heterocycles. The molecule has 0 radical (unpaired) electrons. The molecule has 0 atom stereocenters. The van der Waals surface area contributed by atoms with Crippen molar-refractivity contribution in [3.63, 3.8) is 0 Å². The number of benzene rings is 2. The largest absolute Gasteiger partial charge is 0.486 e. The zero-order valence-electron chi connectivity index (χ0n) is 18.8. The maximum atomic E-state index is 13.0. The molecule has 2 aromatic rings. The second-order valence-electron chi connectivity index (χ2n) is 8.18. The van der Waals surface area contributed by atoms with Crippen LogP contribution in [0.1, 0.15) is 18.4 Å². The molecule has 34 heavy (non-hydrogen) atoms. The van der Waals surface area contributed by atoms with Crippen molar-refractivity contribution in [2.24, 2.45) is 5.92 Å². The molecule has 0 bridgehead atoms. The van der Waals surface area contributed by atoms with Crippen molar-refractivity contribution >= 4 is 21.9 Å². The van der Waals surface area contributed by atoms with E-state index in [1.54, 1.807) is 6.07 Å². The van der Waals surface area contributed by atoms with Crippen LogP contribution in [0.2, 0.25) is 0 Å². The molecule has 1 fully saturated rings. The maximum Gasteiger partial charge on any atom is 0.309 e. The molecular weight excluding hydrogens is 460 g/mol. The van der Waals surface area contributed by atoms with Crippen LogP contribution >= 0.6 is 0 Å². The van der Waals surface area contributed by atoms with Crippen molar-refractivity contribution in [3.8, 4) is 11.5 Å². The molecule has 1 amide bonds. The number of carbonyl (C=O) groups is 2. The van der Waals surface area contributed by atoms with Gasteiger partial charge in [-0.05, 0) is 37.0 Å². The topological polar surface area (TPSA) is 111 Å². The van der Waals surface area contributed by atoms with Crippen molar-refractivity contribution in [2.45, 2.75) is 24.2 Å². The van der Waals surface area contributed by atoms with Gasteiger partial charge in [-0.15, -0.1) is 0 Å². The van der Waals surface area contributed by atoms with Crippen molar-refractivity contribution in [1.82, 2.24) is 9.62 Å². The molecule has 1 N–H and O–H groups in total. The molecule has 2 aromatic carbocycles. The minimum absolute atomic E-state index is 0.130. The average Bonchev–Trinajstić information content (AvgIpc) is 2.87. The van der Waals surface area contributed by atoms with Gasteiger partial charge in [0.25, 0.3) is 5.91 Å². The summed E-state index contributed by atoms with van der Waals surface area (Å²) in [5.74, 6) is -0.343. The molecule has 10 heteroatoms. The van der Waals surface area contributed by atoms with Gasteiger partial charge in [0.1, 0.15) is 13.2 Å². The summed E-state index contributed by atoms with van der Waals surface area (Å²) in [7, 11) is -3.72. The summed E-state index contributed by atoms with van der Waals surface area (Å²) in [5.41, 5.74) is 1.11. The Morgan fingerprint density at radius 1 is 1.00 bits per heavy atom. The summed E-state index contributed by atoms with van der Waals surface area (Å²) in [6, 6.07) is 14.3. The fourth-order valence-electron chi connectivity index (χ4n) is 3.96. The number of piperidine rings is 1. The Balaban J connectivity index is 1.21. The summed E-state index contributed by atoms with van der Waals surface area (Å²) < 4.78 is 43.5. The zero-order valence-corrected chi connectivity index (χ0v) is 19.6. The summed E-state index contributed by atoms with van der Waals surface area (Å²) in [6.45, 7) is 1.30. The number of rotatable bonds is 8. The number of hydrogen-bond acceptors (Lipinski definition) is 7. The predicted octanol–water partition coefficient (Wildman–Crippen LogP) is 1.76. The van der Waals surface area contributed by atoms with Crippen LogP contribution in [0.4, 0.5) is 0 Å². The van der Waals surface area contributed by atoms with E-state index in [1.165, 1.54) is 16.4 Å². The third-order valence-electron chi connectivity index (χ3n) is 5.86. The van der Waals surface area contributed by atoms with Crippen molar-refractivity contribution in [2.75, 3.05) is 39.5 Å². The van der Waals surface area contributed by atoms with Gasteiger partial charge in [-0.25, -0.2) is 8.42 Å². The number of amides is 1. The maximum absolute atomic E-state index is 13.0. The SMILES string of the molecule is O=C(COC(=O)C1CCN(S(=O)(=O)c2ccc3c(c2)OCCO3)CC1)NCCc1ccccc1. The molecule has 182 valence electrons. The highest BCUT2D eigenvalue weighted by atomic mass is 32.2. The summed E-state index contributed by atoms with van der Waals surface area (Å²) >= 11 is 0. The lowest BCUT2D eigenvalue weighted by Gasteiger charge is -2.30. The molecule has 9 nitrogen and oxygen atoms in total. The third kappa shape index (κ3) is 5.87. The number of esters is 1. The number of nitrogens with one attached hydrogen (secondary N) is 1. The third-order valence-corrected chi connectivity index (χ3v) is 7.76. The van der Waals surface area contributed by atoms with E-state index >= 15 is 0 Å². The summed E-state index contributed by atoms with van der Waals surface area (Å²) in [5, 5.41) is 2.73. The Labute approximate surface area is 199 Å². The van der Waals surface area contributed by atoms with Crippen molar-refractivity contribution < 1.29 is 32.2 Å². The predicted molar refractivity (Wildman–Crippen MR) is 123 cm³/mol. The standard InChI is InChI=1S/C24H28N2O7S/c27-23(25-11-8-18-4-2-1-3-5-18)17-33-24(28)19-9-12-26(13-10-19)34(29,30)20-6-7-21-22(16-20)32-15-14-31-21/h1-7,16,19H,8-15,17H2,(H,25,27). The van der Waals surface area contributed by atoms with Gasteiger partial charge >= 0.3 is 5.97 Å². The first kappa shape index (κ1) is 24.0. The highest BCUT2D eigenvalue weighted by Crippen LogP contribution is 2.34. The molecule has 0 saturated carbocycles. The Morgan fingerprint density at radius 3 is 2.44 bits per heavy atom. The molecular formula is C24H28N2O7S. The first-order chi connectivity index (χ1) is 16.4. The van der Waals surface area contributed by atoms with Crippen LogP contribution in [-0.2, 0) is 30.8 Å². The Hall–Kier alpha value is -3.11. The number of carbonyl (C=O) groups excluding carboxylic acids is 2. The van der Waals surface area contributed by atoms with Gasteiger partial charge < -0.3 is 19.5 Å². The van der Waals surface area contributed by atoms with Gasteiger partial charge in [-0.1, -0.05) is 30.3 Å². The lowest BCUT2D eigenvalue weighted by molar-refractivity contribution is -0.153. The van der Waals surface area contributed by atoms with E-state index in [4.69, 9.17) is 14.2 Å². The highest BCUT2D eigenvalue weighted by molar-refractivity contribution is 7.89. The molecule has 0 unspecified atom stereocenters. The molecule has 2 aliphatic rings. The minimum atomic E-state index is -3.72. The molecule has 0 aliphatic carbocycles. The van der Waals surface area contributed by atoms with Gasteiger partial charge in [0.05, 0.1) is 10.8 Å². The lowest BCUT2D eigenvalue weighted by Crippen LogP contribution is -2.41. The van der Waals surface area contributed by atoms with Crippen LogP contribution in [0.15, 0.2) is 53.4 Å². The first-order valence-electron chi connectivity index (χ1n) is 11.3. The molecule has 1 saturated heterocycles. The number of sulfonamides is 1. The fraction of sp³-hybridized carbons (Fsp3) is 0.417.